The number of ether oxygens (including phenoxy) is 2. The van der Waals surface area contributed by atoms with Crippen molar-refractivity contribution in [3.05, 3.63) is 54.1 Å². The van der Waals surface area contributed by atoms with Crippen LogP contribution in [0.5, 0.6) is 5.75 Å². The van der Waals surface area contributed by atoms with Gasteiger partial charge in [-0.3, -0.25) is 14.9 Å². The lowest BCUT2D eigenvalue weighted by atomic mass is 9.89. The van der Waals surface area contributed by atoms with Gasteiger partial charge >= 0.3 is 0 Å². The Morgan fingerprint density at radius 1 is 1.27 bits per heavy atom. The van der Waals surface area contributed by atoms with Gasteiger partial charge in [0.25, 0.3) is 0 Å². The van der Waals surface area contributed by atoms with Crippen LogP contribution in [0.25, 0.3) is 0 Å². The Hall–Kier alpha value is -1.98. The van der Waals surface area contributed by atoms with Gasteiger partial charge in [0.05, 0.1) is 12.3 Å². The fourth-order valence-corrected chi connectivity index (χ4v) is 4.23. The Morgan fingerprint density at radius 3 is 2.96 bits per heavy atom. The summed E-state index contributed by atoms with van der Waals surface area (Å²) >= 11 is 0. The third-order valence-electron chi connectivity index (χ3n) is 5.59. The summed E-state index contributed by atoms with van der Waals surface area (Å²) in [5.41, 5.74) is 2.43. The number of hydrogen-bond acceptors (Lipinski definition) is 5. The van der Waals surface area contributed by atoms with Crippen molar-refractivity contribution in [3.63, 3.8) is 0 Å². The number of piperidine rings is 1. The molecule has 2 aliphatic heterocycles. The van der Waals surface area contributed by atoms with E-state index in [0.717, 1.165) is 38.2 Å². The van der Waals surface area contributed by atoms with Crippen molar-refractivity contribution in [3.8, 4) is 5.75 Å². The summed E-state index contributed by atoms with van der Waals surface area (Å²) < 4.78 is 12.3. The largest absolute Gasteiger partial charge is 0.489 e. The SMILES string of the molecule is Cc1cnccc1CN1CC[C@@H]2O[C@@](C)(COc3cccnc3)C[C@@H]2C1. The monoisotopic (exact) mass is 353 g/mol. The lowest BCUT2D eigenvalue weighted by molar-refractivity contribution is -0.0698. The first-order valence-corrected chi connectivity index (χ1v) is 9.44. The third-order valence-corrected chi connectivity index (χ3v) is 5.59. The van der Waals surface area contributed by atoms with Crippen LogP contribution in [0.2, 0.25) is 0 Å². The Bertz CT molecular complexity index is 739. The van der Waals surface area contributed by atoms with Crippen LogP contribution in [0.4, 0.5) is 0 Å². The Kier molecular flexibility index (Phi) is 4.92. The van der Waals surface area contributed by atoms with Crippen LogP contribution in [0.15, 0.2) is 43.0 Å². The van der Waals surface area contributed by atoms with E-state index < -0.39 is 0 Å². The zero-order valence-corrected chi connectivity index (χ0v) is 15.6. The van der Waals surface area contributed by atoms with E-state index >= 15 is 0 Å². The van der Waals surface area contributed by atoms with Crippen LogP contribution < -0.4 is 4.74 Å². The molecule has 138 valence electrons. The van der Waals surface area contributed by atoms with Crippen molar-refractivity contribution in [2.45, 2.75) is 44.9 Å². The van der Waals surface area contributed by atoms with Gasteiger partial charge in [-0.25, -0.2) is 0 Å². The van der Waals surface area contributed by atoms with Gasteiger partial charge < -0.3 is 9.47 Å². The minimum absolute atomic E-state index is 0.215. The summed E-state index contributed by atoms with van der Waals surface area (Å²) in [6, 6.07) is 5.97. The van der Waals surface area contributed by atoms with E-state index in [1.165, 1.54) is 11.1 Å². The lowest BCUT2D eigenvalue weighted by Crippen LogP contribution is -2.40. The Morgan fingerprint density at radius 2 is 2.15 bits per heavy atom. The fraction of sp³-hybridized carbons (Fsp3) is 0.524. The van der Waals surface area contributed by atoms with Gasteiger partial charge in [0, 0.05) is 44.1 Å². The molecule has 26 heavy (non-hydrogen) atoms. The zero-order valence-electron chi connectivity index (χ0n) is 15.6. The quantitative estimate of drug-likeness (QED) is 0.826. The summed E-state index contributed by atoms with van der Waals surface area (Å²) in [5.74, 6) is 1.38. The van der Waals surface area contributed by atoms with Crippen LogP contribution in [-0.4, -0.2) is 46.3 Å². The highest BCUT2D eigenvalue weighted by molar-refractivity contribution is 5.21. The number of pyridine rings is 2. The molecule has 2 aromatic rings. The molecular weight excluding hydrogens is 326 g/mol. The van der Waals surface area contributed by atoms with E-state index in [2.05, 4.69) is 34.8 Å². The standard InChI is InChI=1S/C21H27N3O2/c1-16-11-23-8-5-17(16)13-24-9-6-20-18(14-24)10-21(2,26-20)15-25-19-4-3-7-22-12-19/h3-5,7-8,11-12,18,20H,6,9-10,13-15H2,1-2H3/t18-,20+,21-/m1/s1. The average molecular weight is 353 g/mol. The summed E-state index contributed by atoms with van der Waals surface area (Å²) in [7, 11) is 0. The minimum Gasteiger partial charge on any atom is -0.489 e. The molecule has 0 spiro atoms. The fourth-order valence-electron chi connectivity index (χ4n) is 4.23. The molecule has 0 radical (unpaired) electrons. The van der Waals surface area contributed by atoms with Crippen LogP contribution in [0, 0.1) is 12.8 Å². The van der Waals surface area contributed by atoms with E-state index in [9.17, 15) is 0 Å². The molecule has 0 N–H and O–H groups in total. The van der Waals surface area contributed by atoms with E-state index in [0.29, 0.717) is 18.6 Å². The van der Waals surface area contributed by atoms with Gasteiger partial charge in [-0.05, 0) is 56.0 Å². The van der Waals surface area contributed by atoms with Crippen molar-refractivity contribution in [1.29, 1.82) is 0 Å². The molecule has 5 nitrogen and oxygen atoms in total. The summed E-state index contributed by atoms with van der Waals surface area (Å²) in [6.07, 6.45) is 9.85. The molecule has 0 unspecified atom stereocenters. The van der Waals surface area contributed by atoms with E-state index in [1.54, 1.807) is 12.4 Å². The number of fused-ring (bicyclic) bond motifs is 1. The molecule has 2 fully saturated rings. The smallest absolute Gasteiger partial charge is 0.137 e. The molecule has 3 atom stereocenters. The van der Waals surface area contributed by atoms with Crippen molar-refractivity contribution in [2.24, 2.45) is 5.92 Å². The second-order valence-corrected chi connectivity index (χ2v) is 7.87. The van der Waals surface area contributed by atoms with Crippen LogP contribution in [-0.2, 0) is 11.3 Å². The Balaban J connectivity index is 1.34. The molecule has 0 aliphatic carbocycles. The molecule has 0 aromatic carbocycles. The Labute approximate surface area is 155 Å². The van der Waals surface area contributed by atoms with Crippen molar-refractivity contribution in [2.75, 3.05) is 19.7 Å². The first-order chi connectivity index (χ1) is 12.6. The van der Waals surface area contributed by atoms with Crippen molar-refractivity contribution in [1.82, 2.24) is 14.9 Å². The third kappa shape index (κ3) is 3.89. The molecule has 0 amide bonds. The van der Waals surface area contributed by atoms with Gasteiger partial charge in [0.1, 0.15) is 18.0 Å². The van der Waals surface area contributed by atoms with Crippen molar-refractivity contribution < 1.29 is 9.47 Å². The molecule has 5 heteroatoms. The molecule has 2 saturated heterocycles. The van der Waals surface area contributed by atoms with Gasteiger partial charge in [0.2, 0.25) is 0 Å². The molecule has 2 aromatic heterocycles. The predicted molar refractivity (Wildman–Crippen MR) is 100.0 cm³/mol. The maximum atomic E-state index is 6.41. The normalized spacial score (nSPS) is 28.7. The maximum Gasteiger partial charge on any atom is 0.137 e. The topological polar surface area (TPSA) is 47.5 Å². The highest BCUT2D eigenvalue weighted by Crippen LogP contribution is 2.40. The maximum absolute atomic E-state index is 6.41. The zero-order chi connectivity index (χ0) is 18.0. The highest BCUT2D eigenvalue weighted by Gasteiger charge is 2.46. The van der Waals surface area contributed by atoms with Crippen LogP contribution >= 0.6 is 0 Å². The lowest BCUT2D eigenvalue weighted by Gasteiger charge is -2.34. The summed E-state index contributed by atoms with van der Waals surface area (Å²) in [4.78, 5) is 10.9. The molecule has 4 rings (SSSR count). The number of nitrogens with zero attached hydrogens (tertiary/aromatic N) is 3. The number of likely N-dealkylation sites (tertiary alicyclic amines) is 1. The second-order valence-electron chi connectivity index (χ2n) is 7.87. The second kappa shape index (κ2) is 7.33. The summed E-state index contributed by atoms with van der Waals surface area (Å²) in [5, 5.41) is 0. The summed E-state index contributed by atoms with van der Waals surface area (Å²) in [6.45, 7) is 8.08. The van der Waals surface area contributed by atoms with Gasteiger partial charge in [-0.1, -0.05) is 0 Å². The van der Waals surface area contributed by atoms with E-state index in [1.807, 2.05) is 24.5 Å². The number of hydrogen-bond donors (Lipinski definition) is 0. The molecule has 4 heterocycles. The molecular formula is C21H27N3O2. The molecule has 0 saturated carbocycles. The first-order valence-electron chi connectivity index (χ1n) is 9.44. The number of aromatic nitrogens is 2. The van der Waals surface area contributed by atoms with Gasteiger partial charge in [-0.15, -0.1) is 0 Å². The average Bonchev–Trinajstić information content (AvgIpc) is 2.99. The van der Waals surface area contributed by atoms with Crippen molar-refractivity contribution >= 4 is 0 Å². The van der Waals surface area contributed by atoms with E-state index in [4.69, 9.17) is 9.47 Å². The first kappa shape index (κ1) is 17.4. The predicted octanol–water partition coefficient (Wildman–Crippen LogP) is 3.23. The molecule has 2 aliphatic rings. The molecule has 0 bridgehead atoms. The van der Waals surface area contributed by atoms with Crippen LogP contribution in [0.3, 0.4) is 0 Å². The van der Waals surface area contributed by atoms with Crippen LogP contribution in [0.1, 0.15) is 30.9 Å². The number of aryl methyl sites for hydroxylation is 1. The number of rotatable bonds is 5. The van der Waals surface area contributed by atoms with Gasteiger partial charge in [-0.2, -0.15) is 0 Å². The minimum atomic E-state index is -0.215. The highest BCUT2D eigenvalue weighted by atomic mass is 16.6. The van der Waals surface area contributed by atoms with E-state index in [-0.39, 0.29) is 5.60 Å². The van der Waals surface area contributed by atoms with Gasteiger partial charge in [0.15, 0.2) is 0 Å².